The highest BCUT2D eigenvalue weighted by Gasteiger charge is 2.32. The number of hydrogen-bond donors (Lipinski definition) is 1. The molecule has 11 heteroatoms. The van der Waals surface area contributed by atoms with Gasteiger partial charge in [-0.15, -0.1) is 0 Å². The van der Waals surface area contributed by atoms with E-state index in [0.717, 1.165) is 28.6 Å². The molecule has 0 spiro atoms. The standard InChI is InChI=1S/C31H33F3N4O4/c1-2-41-30(40)23-6-5-14-38(18-23)29(39)27-20-42-28(36-27)19-37(17-21-9-11-24(12-10-21)31(32,33)34)15-13-22-16-35-26-8-4-3-7-25(22)26/h3-4,7-12,16,20,23,35H,2,5-6,13-15,17-19H2,1H3. The predicted octanol–water partition coefficient (Wildman–Crippen LogP) is 5.83. The van der Waals surface area contributed by atoms with E-state index in [4.69, 9.17) is 9.15 Å². The lowest BCUT2D eigenvalue weighted by molar-refractivity contribution is -0.149. The van der Waals surface area contributed by atoms with E-state index in [-0.39, 0.29) is 36.6 Å². The van der Waals surface area contributed by atoms with Gasteiger partial charge in [-0.3, -0.25) is 14.5 Å². The summed E-state index contributed by atoms with van der Waals surface area (Å²) in [5, 5.41) is 1.11. The molecule has 1 fully saturated rings. The first kappa shape index (κ1) is 29.4. The molecule has 1 saturated heterocycles. The second-order valence-corrected chi connectivity index (χ2v) is 10.5. The van der Waals surface area contributed by atoms with E-state index in [1.807, 2.05) is 35.4 Å². The van der Waals surface area contributed by atoms with Crippen molar-refractivity contribution in [1.29, 1.82) is 0 Å². The lowest BCUT2D eigenvalue weighted by Gasteiger charge is -2.30. The molecule has 1 amide bonds. The molecule has 3 heterocycles. The first-order valence-electron chi connectivity index (χ1n) is 14.0. The van der Waals surface area contributed by atoms with Gasteiger partial charge in [-0.2, -0.15) is 13.2 Å². The van der Waals surface area contributed by atoms with Gasteiger partial charge in [0.1, 0.15) is 6.26 Å². The number of para-hydroxylation sites is 1. The van der Waals surface area contributed by atoms with Crippen LogP contribution in [0.1, 0.15) is 52.8 Å². The maximum absolute atomic E-state index is 13.2. The van der Waals surface area contributed by atoms with Crippen LogP contribution in [-0.4, -0.2) is 57.9 Å². The van der Waals surface area contributed by atoms with Crippen LogP contribution < -0.4 is 0 Å². The van der Waals surface area contributed by atoms with Crippen LogP contribution in [0.3, 0.4) is 0 Å². The van der Waals surface area contributed by atoms with Crippen molar-refractivity contribution in [3.8, 4) is 0 Å². The third kappa shape index (κ3) is 7.02. The van der Waals surface area contributed by atoms with Gasteiger partial charge in [-0.1, -0.05) is 30.3 Å². The smallest absolute Gasteiger partial charge is 0.416 e. The van der Waals surface area contributed by atoms with Crippen molar-refractivity contribution in [3.05, 3.63) is 89.3 Å². The number of likely N-dealkylation sites (tertiary alicyclic amines) is 1. The number of H-pyrrole nitrogens is 1. The largest absolute Gasteiger partial charge is 0.466 e. The number of carbonyl (C=O) groups is 2. The topological polar surface area (TPSA) is 91.7 Å². The van der Waals surface area contributed by atoms with E-state index >= 15 is 0 Å². The molecule has 1 atom stereocenters. The average Bonchev–Trinajstić information content (AvgIpc) is 3.63. The summed E-state index contributed by atoms with van der Waals surface area (Å²) in [6, 6.07) is 13.1. The van der Waals surface area contributed by atoms with Crippen LogP contribution in [0.5, 0.6) is 0 Å². The van der Waals surface area contributed by atoms with Crippen LogP contribution in [0.15, 0.2) is 65.4 Å². The fourth-order valence-electron chi connectivity index (χ4n) is 5.34. The van der Waals surface area contributed by atoms with Gasteiger partial charge in [0, 0.05) is 43.3 Å². The number of esters is 1. The molecule has 0 radical (unpaired) electrons. The third-order valence-corrected chi connectivity index (χ3v) is 7.52. The van der Waals surface area contributed by atoms with Gasteiger partial charge in [0.25, 0.3) is 5.91 Å². The van der Waals surface area contributed by atoms with Crippen LogP contribution in [-0.2, 0) is 35.2 Å². The van der Waals surface area contributed by atoms with E-state index < -0.39 is 11.7 Å². The molecule has 0 aliphatic carbocycles. The van der Waals surface area contributed by atoms with Crippen molar-refractivity contribution in [2.45, 2.75) is 45.5 Å². The van der Waals surface area contributed by atoms with E-state index in [1.165, 1.54) is 18.4 Å². The van der Waals surface area contributed by atoms with Crippen LogP contribution in [0.4, 0.5) is 13.2 Å². The average molecular weight is 583 g/mol. The van der Waals surface area contributed by atoms with Gasteiger partial charge in [-0.05, 0) is 55.5 Å². The Morgan fingerprint density at radius 1 is 1.14 bits per heavy atom. The Balaban J connectivity index is 1.29. The van der Waals surface area contributed by atoms with Gasteiger partial charge in [0.05, 0.1) is 24.6 Å². The Labute approximate surface area is 241 Å². The number of piperidine rings is 1. The van der Waals surface area contributed by atoms with Crippen LogP contribution in [0, 0.1) is 5.92 Å². The summed E-state index contributed by atoms with van der Waals surface area (Å²) < 4.78 is 50.1. The summed E-state index contributed by atoms with van der Waals surface area (Å²) in [6.45, 7) is 4.01. The molecule has 222 valence electrons. The number of nitrogens with zero attached hydrogens (tertiary/aromatic N) is 3. The molecule has 8 nitrogen and oxygen atoms in total. The Kier molecular flexibility index (Phi) is 8.96. The van der Waals surface area contributed by atoms with Crippen LogP contribution in [0.25, 0.3) is 10.9 Å². The Morgan fingerprint density at radius 2 is 1.93 bits per heavy atom. The van der Waals surface area contributed by atoms with Crippen LogP contribution in [0.2, 0.25) is 0 Å². The number of nitrogens with one attached hydrogen (secondary N) is 1. The first-order chi connectivity index (χ1) is 20.2. The zero-order chi connectivity index (χ0) is 29.7. The minimum absolute atomic E-state index is 0.153. The monoisotopic (exact) mass is 582 g/mol. The molecule has 0 saturated carbocycles. The van der Waals surface area contributed by atoms with Crippen LogP contribution >= 0.6 is 0 Å². The lowest BCUT2D eigenvalue weighted by atomic mass is 9.98. The zero-order valence-electron chi connectivity index (χ0n) is 23.3. The maximum atomic E-state index is 13.2. The van der Waals surface area contributed by atoms with Gasteiger partial charge < -0.3 is 19.0 Å². The van der Waals surface area contributed by atoms with Crippen molar-refractivity contribution in [1.82, 2.24) is 19.8 Å². The number of halogens is 3. The van der Waals surface area contributed by atoms with Crippen molar-refractivity contribution < 1.29 is 31.9 Å². The molecule has 5 rings (SSSR count). The fourth-order valence-corrected chi connectivity index (χ4v) is 5.34. The van der Waals surface area contributed by atoms with Gasteiger partial charge >= 0.3 is 12.1 Å². The van der Waals surface area contributed by atoms with Gasteiger partial charge in [0.2, 0.25) is 5.89 Å². The molecule has 2 aromatic heterocycles. The highest BCUT2D eigenvalue weighted by Crippen LogP contribution is 2.29. The molecular formula is C31H33F3N4O4. The van der Waals surface area contributed by atoms with Crippen molar-refractivity contribution >= 4 is 22.8 Å². The second-order valence-electron chi connectivity index (χ2n) is 10.5. The molecule has 0 bridgehead atoms. The lowest BCUT2D eigenvalue weighted by Crippen LogP contribution is -2.43. The SMILES string of the molecule is CCOC(=O)C1CCCN(C(=O)c2coc(CN(CCc3c[nH]c4ccccc34)Cc3ccc(C(F)(F)F)cc3)n2)C1. The summed E-state index contributed by atoms with van der Waals surface area (Å²) in [4.78, 5) is 36.7. The fraction of sp³-hybridized carbons (Fsp3) is 0.387. The molecule has 4 aromatic rings. The molecule has 2 aromatic carbocycles. The molecule has 1 aliphatic heterocycles. The number of hydrogen-bond acceptors (Lipinski definition) is 6. The summed E-state index contributed by atoms with van der Waals surface area (Å²) >= 11 is 0. The predicted molar refractivity (Wildman–Crippen MR) is 149 cm³/mol. The highest BCUT2D eigenvalue weighted by atomic mass is 19.4. The normalized spacial score (nSPS) is 15.8. The molecule has 42 heavy (non-hydrogen) atoms. The molecule has 1 aliphatic rings. The number of fused-ring (bicyclic) bond motifs is 1. The Bertz CT molecular complexity index is 1510. The number of alkyl halides is 3. The van der Waals surface area contributed by atoms with Crippen molar-refractivity contribution in [2.75, 3.05) is 26.2 Å². The third-order valence-electron chi connectivity index (χ3n) is 7.52. The summed E-state index contributed by atoms with van der Waals surface area (Å²) in [5.74, 6) is -0.655. The highest BCUT2D eigenvalue weighted by molar-refractivity contribution is 5.92. The Morgan fingerprint density at radius 3 is 2.69 bits per heavy atom. The number of ether oxygens (including phenoxy) is 1. The number of aromatic nitrogens is 2. The number of amides is 1. The molecule has 1 unspecified atom stereocenters. The second kappa shape index (κ2) is 12.8. The zero-order valence-corrected chi connectivity index (χ0v) is 23.3. The number of oxazole rings is 1. The minimum atomic E-state index is -4.40. The maximum Gasteiger partial charge on any atom is 0.416 e. The van der Waals surface area contributed by atoms with Gasteiger partial charge in [0.15, 0.2) is 5.69 Å². The quantitative estimate of drug-likeness (QED) is 0.237. The summed E-state index contributed by atoms with van der Waals surface area (Å²) in [5.41, 5.74) is 2.31. The minimum Gasteiger partial charge on any atom is -0.466 e. The molecule has 1 N–H and O–H groups in total. The van der Waals surface area contributed by atoms with Crippen molar-refractivity contribution in [2.24, 2.45) is 5.92 Å². The molecular weight excluding hydrogens is 549 g/mol. The van der Waals surface area contributed by atoms with E-state index in [2.05, 4.69) is 9.97 Å². The summed E-state index contributed by atoms with van der Waals surface area (Å²) in [6.07, 6.45) is 0.919. The summed E-state index contributed by atoms with van der Waals surface area (Å²) in [7, 11) is 0. The number of aromatic amines is 1. The van der Waals surface area contributed by atoms with Crippen molar-refractivity contribution in [3.63, 3.8) is 0 Å². The van der Waals surface area contributed by atoms with E-state index in [1.54, 1.807) is 11.8 Å². The first-order valence-corrected chi connectivity index (χ1v) is 14.0. The number of rotatable bonds is 10. The number of benzene rings is 2. The van der Waals surface area contributed by atoms with E-state index in [0.29, 0.717) is 57.0 Å². The Hall–Kier alpha value is -4.12. The number of carbonyl (C=O) groups excluding carboxylic acids is 2. The van der Waals surface area contributed by atoms with Gasteiger partial charge in [-0.25, -0.2) is 4.98 Å². The van der Waals surface area contributed by atoms with E-state index in [9.17, 15) is 22.8 Å².